The molecule has 82 valence electrons. The molecular formula is C16H14Si. The molecule has 1 heterocycles. The van der Waals surface area contributed by atoms with Crippen molar-refractivity contribution in [2.45, 2.75) is 13.1 Å². The lowest BCUT2D eigenvalue weighted by Gasteiger charge is -2.18. The van der Waals surface area contributed by atoms with Crippen LogP contribution in [0.3, 0.4) is 0 Å². The van der Waals surface area contributed by atoms with E-state index in [0.717, 1.165) is 5.56 Å². The Morgan fingerprint density at radius 2 is 1.65 bits per heavy atom. The largest absolute Gasteiger partial charge is 0.115 e. The summed E-state index contributed by atoms with van der Waals surface area (Å²) in [5.74, 6) is 2.83. The highest BCUT2D eigenvalue weighted by Gasteiger charge is 2.37. The summed E-state index contributed by atoms with van der Waals surface area (Å²) in [6.07, 6.45) is 5.63. The summed E-state index contributed by atoms with van der Waals surface area (Å²) in [6, 6.07) is 15.1. The first kappa shape index (κ1) is 10.4. The van der Waals surface area contributed by atoms with Crippen LogP contribution in [0.15, 0.2) is 42.5 Å². The fourth-order valence-electron chi connectivity index (χ4n) is 2.87. The average molecular weight is 234 g/mol. The Bertz CT molecular complexity index is 645. The highest BCUT2D eigenvalue weighted by atomic mass is 28.3. The van der Waals surface area contributed by atoms with Gasteiger partial charge in [-0.05, 0) is 27.6 Å². The minimum atomic E-state index is -1.52. The number of rotatable bonds is 0. The van der Waals surface area contributed by atoms with E-state index in [1.165, 1.54) is 21.5 Å². The van der Waals surface area contributed by atoms with Crippen LogP contribution in [0, 0.1) is 12.3 Å². The van der Waals surface area contributed by atoms with Crippen LogP contribution in [-0.2, 0) is 0 Å². The number of hydrogen-bond acceptors (Lipinski definition) is 0. The van der Waals surface area contributed by atoms with Crippen molar-refractivity contribution < 1.29 is 0 Å². The topological polar surface area (TPSA) is 0 Å². The van der Waals surface area contributed by atoms with Gasteiger partial charge in [-0.3, -0.25) is 0 Å². The Morgan fingerprint density at radius 1 is 0.941 bits per heavy atom. The van der Waals surface area contributed by atoms with Crippen LogP contribution in [0.1, 0.15) is 5.56 Å². The van der Waals surface area contributed by atoms with Crippen molar-refractivity contribution in [2.24, 2.45) is 0 Å². The standard InChI is InChI=1S/C16H14Si/c1-4-12-8-7-11-15-16(12)13-9-5-6-10-14(13)17(15,2)3/h1,5-11H,2-3H3. The molecule has 0 fully saturated rings. The maximum Gasteiger partial charge on any atom is 0.113 e. The molecule has 0 nitrogen and oxygen atoms in total. The molecule has 3 rings (SSSR count). The van der Waals surface area contributed by atoms with E-state index in [1.54, 1.807) is 0 Å². The predicted octanol–water partition coefficient (Wildman–Crippen LogP) is 2.47. The van der Waals surface area contributed by atoms with Gasteiger partial charge in [-0.15, -0.1) is 6.42 Å². The molecule has 0 aliphatic carbocycles. The lowest BCUT2D eigenvalue weighted by atomic mass is 10.0. The Morgan fingerprint density at radius 3 is 2.41 bits per heavy atom. The average Bonchev–Trinajstić information content (AvgIpc) is 2.60. The van der Waals surface area contributed by atoms with Gasteiger partial charge in [0.2, 0.25) is 0 Å². The first-order valence-electron chi connectivity index (χ1n) is 5.86. The van der Waals surface area contributed by atoms with E-state index < -0.39 is 8.07 Å². The smallest absolute Gasteiger partial charge is 0.113 e. The van der Waals surface area contributed by atoms with E-state index in [0.29, 0.717) is 0 Å². The predicted molar refractivity (Wildman–Crippen MR) is 76.6 cm³/mol. The zero-order valence-electron chi connectivity index (χ0n) is 10.1. The van der Waals surface area contributed by atoms with Crippen molar-refractivity contribution in [2.75, 3.05) is 0 Å². The summed E-state index contributed by atoms with van der Waals surface area (Å²) in [5, 5.41) is 2.99. The van der Waals surface area contributed by atoms with E-state index in [4.69, 9.17) is 6.42 Å². The Hall–Kier alpha value is -1.78. The second-order valence-corrected chi connectivity index (χ2v) is 9.37. The van der Waals surface area contributed by atoms with Crippen LogP contribution in [0.2, 0.25) is 13.1 Å². The zero-order chi connectivity index (χ0) is 12.0. The first-order chi connectivity index (χ1) is 8.16. The Balaban J connectivity index is 2.46. The lowest BCUT2D eigenvalue weighted by Crippen LogP contribution is -2.49. The minimum Gasteiger partial charge on any atom is -0.115 e. The van der Waals surface area contributed by atoms with Crippen molar-refractivity contribution in [3.8, 4) is 23.5 Å². The maximum absolute atomic E-state index is 5.63. The molecule has 1 aliphatic rings. The van der Waals surface area contributed by atoms with Gasteiger partial charge in [-0.25, -0.2) is 0 Å². The Labute approximate surface area is 103 Å². The first-order valence-corrected chi connectivity index (χ1v) is 8.86. The zero-order valence-corrected chi connectivity index (χ0v) is 11.1. The van der Waals surface area contributed by atoms with Crippen molar-refractivity contribution >= 4 is 18.4 Å². The van der Waals surface area contributed by atoms with Crippen molar-refractivity contribution in [3.05, 3.63) is 48.0 Å². The fraction of sp³-hybridized carbons (Fsp3) is 0.125. The molecule has 0 N–H and O–H groups in total. The van der Waals surface area contributed by atoms with Gasteiger partial charge < -0.3 is 0 Å². The summed E-state index contributed by atoms with van der Waals surface area (Å²) in [7, 11) is -1.52. The Kier molecular flexibility index (Phi) is 2.05. The van der Waals surface area contributed by atoms with Gasteiger partial charge in [0, 0.05) is 5.56 Å². The lowest BCUT2D eigenvalue weighted by molar-refractivity contribution is 1.66. The third kappa shape index (κ3) is 1.25. The third-order valence-corrected chi connectivity index (χ3v) is 7.31. The van der Waals surface area contributed by atoms with Gasteiger partial charge in [0.15, 0.2) is 0 Å². The number of benzene rings is 2. The summed E-state index contributed by atoms with van der Waals surface area (Å²) in [5.41, 5.74) is 3.70. The molecule has 0 spiro atoms. The third-order valence-electron chi connectivity index (χ3n) is 3.76. The molecule has 0 saturated carbocycles. The molecule has 2 aromatic rings. The van der Waals surface area contributed by atoms with E-state index in [1.807, 2.05) is 6.07 Å². The SMILES string of the molecule is C#Cc1cccc2c1-c1ccccc1[Si]2(C)C. The van der Waals surface area contributed by atoms with Crippen molar-refractivity contribution in [3.63, 3.8) is 0 Å². The van der Waals surface area contributed by atoms with Gasteiger partial charge in [0.25, 0.3) is 0 Å². The molecule has 0 bridgehead atoms. The van der Waals surface area contributed by atoms with Crippen LogP contribution in [0.5, 0.6) is 0 Å². The molecule has 0 radical (unpaired) electrons. The van der Waals surface area contributed by atoms with Crippen LogP contribution < -0.4 is 10.4 Å². The van der Waals surface area contributed by atoms with Crippen LogP contribution in [0.25, 0.3) is 11.1 Å². The molecule has 0 unspecified atom stereocenters. The van der Waals surface area contributed by atoms with Gasteiger partial charge in [0.1, 0.15) is 8.07 Å². The van der Waals surface area contributed by atoms with Crippen molar-refractivity contribution in [1.29, 1.82) is 0 Å². The molecular weight excluding hydrogens is 220 g/mol. The van der Waals surface area contributed by atoms with Gasteiger partial charge >= 0.3 is 0 Å². The van der Waals surface area contributed by atoms with Gasteiger partial charge in [-0.2, -0.15) is 0 Å². The normalized spacial score (nSPS) is 14.9. The van der Waals surface area contributed by atoms with E-state index in [2.05, 4.69) is 55.4 Å². The molecule has 1 heteroatoms. The van der Waals surface area contributed by atoms with Crippen molar-refractivity contribution in [1.82, 2.24) is 0 Å². The van der Waals surface area contributed by atoms with Crippen LogP contribution >= 0.6 is 0 Å². The summed E-state index contributed by atoms with van der Waals surface area (Å²) < 4.78 is 0. The van der Waals surface area contributed by atoms with E-state index in [9.17, 15) is 0 Å². The minimum absolute atomic E-state index is 1.04. The molecule has 0 amide bonds. The molecule has 0 aromatic heterocycles. The second-order valence-electron chi connectivity index (χ2n) is 5.04. The van der Waals surface area contributed by atoms with Gasteiger partial charge in [0.05, 0.1) is 0 Å². The quantitative estimate of drug-likeness (QED) is 0.485. The van der Waals surface area contributed by atoms with E-state index in [-0.39, 0.29) is 0 Å². The monoisotopic (exact) mass is 234 g/mol. The molecule has 1 aliphatic heterocycles. The molecule has 0 atom stereocenters. The highest BCUT2D eigenvalue weighted by molar-refractivity contribution is 7.03. The van der Waals surface area contributed by atoms with Gasteiger partial charge in [-0.1, -0.05) is 55.4 Å². The highest BCUT2D eigenvalue weighted by Crippen LogP contribution is 2.30. The number of terminal acetylenes is 1. The summed E-state index contributed by atoms with van der Waals surface area (Å²) >= 11 is 0. The van der Waals surface area contributed by atoms with Crippen LogP contribution in [-0.4, -0.2) is 8.07 Å². The summed E-state index contributed by atoms with van der Waals surface area (Å²) in [6.45, 7) is 4.80. The molecule has 0 saturated heterocycles. The second kappa shape index (κ2) is 3.35. The molecule has 17 heavy (non-hydrogen) atoms. The fourth-order valence-corrected chi connectivity index (χ4v) is 5.97. The number of fused-ring (bicyclic) bond motifs is 3. The molecule has 2 aromatic carbocycles. The summed E-state index contributed by atoms with van der Waals surface area (Å²) in [4.78, 5) is 0. The van der Waals surface area contributed by atoms with Crippen LogP contribution in [0.4, 0.5) is 0 Å². The maximum atomic E-state index is 5.63. The van der Waals surface area contributed by atoms with E-state index >= 15 is 0 Å². The number of hydrogen-bond donors (Lipinski definition) is 0.